The van der Waals surface area contributed by atoms with Crippen LogP contribution in [0, 0.1) is 17.6 Å². The van der Waals surface area contributed by atoms with Gasteiger partial charge in [-0.05, 0) is 37.5 Å². The Kier molecular flexibility index (Phi) is 5.82. The molecule has 0 unspecified atom stereocenters. The number of benzene rings is 1. The zero-order chi connectivity index (χ0) is 20.5. The van der Waals surface area contributed by atoms with E-state index in [4.69, 9.17) is 22.1 Å². The fraction of sp³-hybridized carbons (Fsp3) is 0.333. The van der Waals surface area contributed by atoms with Crippen molar-refractivity contribution in [3.8, 4) is 17.0 Å². The Hall–Kier alpha value is -2.31. The van der Waals surface area contributed by atoms with Gasteiger partial charge in [-0.3, -0.25) is 4.98 Å². The lowest BCUT2D eigenvalue weighted by molar-refractivity contribution is 0.206. The average molecular weight is 406 g/mol. The number of nitrogens with zero attached hydrogens (tertiary/aromatic N) is 2. The van der Waals surface area contributed by atoms with Crippen molar-refractivity contribution in [2.24, 2.45) is 11.7 Å². The fourth-order valence-corrected chi connectivity index (χ4v) is 3.54. The third kappa shape index (κ3) is 4.56. The topological polar surface area (TPSA) is 61.0 Å². The number of ether oxygens (including phenoxy) is 1. The SMILES string of the molecule is CC(C)C[C@](C)(N)COc1ccc(-c2ccnc3cc(F)cc(F)c23)nc1Cl. The van der Waals surface area contributed by atoms with Gasteiger partial charge in [0.25, 0.3) is 0 Å². The first-order valence-corrected chi connectivity index (χ1v) is 9.36. The first-order chi connectivity index (χ1) is 13.2. The Morgan fingerprint density at radius 1 is 1.21 bits per heavy atom. The van der Waals surface area contributed by atoms with Crippen LogP contribution >= 0.6 is 11.6 Å². The highest BCUT2D eigenvalue weighted by Crippen LogP contribution is 2.32. The smallest absolute Gasteiger partial charge is 0.171 e. The van der Waals surface area contributed by atoms with Crippen LogP contribution in [-0.2, 0) is 0 Å². The van der Waals surface area contributed by atoms with Crippen molar-refractivity contribution in [3.05, 3.63) is 53.3 Å². The van der Waals surface area contributed by atoms with Crippen LogP contribution in [-0.4, -0.2) is 22.1 Å². The Bertz CT molecular complexity index is 1010. The number of pyridine rings is 2. The normalized spacial score (nSPS) is 13.7. The van der Waals surface area contributed by atoms with Crippen LogP contribution in [0.1, 0.15) is 27.2 Å². The second-order valence-electron chi connectivity index (χ2n) is 7.67. The van der Waals surface area contributed by atoms with E-state index < -0.39 is 17.2 Å². The highest BCUT2D eigenvalue weighted by atomic mass is 35.5. The lowest BCUT2D eigenvalue weighted by Gasteiger charge is -2.26. The molecule has 0 aliphatic heterocycles. The number of aromatic nitrogens is 2. The van der Waals surface area contributed by atoms with Gasteiger partial charge in [-0.2, -0.15) is 0 Å². The van der Waals surface area contributed by atoms with Crippen LogP contribution in [0.4, 0.5) is 8.78 Å². The quantitative estimate of drug-likeness (QED) is 0.560. The summed E-state index contributed by atoms with van der Waals surface area (Å²) in [5, 5.41) is 0.331. The number of hydrogen-bond acceptors (Lipinski definition) is 4. The second-order valence-corrected chi connectivity index (χ2v) is 8.02. The minimum absolute atomic E-state index is 0.144. The molecule has 1 atom stereocenters. The van der Waals surface area contributed by atoms with Gasteiger partial charge < -0.3 is 10.5 Å². The molecule has 0 spiro atoms. The second kappa shape index (κ2) is 7.97. The highest BCUT2D eigenvalue weighted by molar-refractivity contribution is 6.31. The molecule has 0 saturated heterocycles. The summed E-state index contributed by atoms with van der Waals surface area (Å²) in [6, 6.07) is 6.96. The van der Waals surface area contributed by atoms with E-state index in [2.05, 4.69) is 23.8 Å². The van der Waals surface area contributed by atoms with Gasteiger partial charge in [-0.1, -0.05) is 25.4 Å². The molecule has 7 heteroatoms. The number of rotatable bonds is 6. The Labute approximate surface area is 167 Å². The van der Waals surface area contributed by atoms with Crippen molar-refractivity contribution < 1.29 is 13.5 Å². The van der Waals surface area contributed by atoms with E-state index in [0.717, 1.165) is 12.5 Å². The summed E-state index contributed by atoms with van der Waals surface area (Å²) in [6.45, 7) is 6.41. The van der Waals surface area contributed by atoms with Gasteiger partial charge in [0.2, 0.25) is 0 Å². The Balaban J connectivity index is 1.90. The number of hydrogen-bond donors (Lipinski definition) is 1. The van der Waals surface area contributed by atoms with Crippen LogP contribution in [0.25, 0.3) is 22.2 Å². The van der Waals surface area contributed by atoms with Crippen LogP contribution < -0.4 is 10.5 Å². The molecule has 0 aliphatic carbocycles. The van der Waals surface area contributed by atoms with Crippen LogP contribution in [0.3, 0.4) is 0 Å². The Morgan fingerprint density at radius 2 is 1.96 bits per heavy atom. The van der Waals surface area contributed by atoms with Gasteiger partial charge in [0, 0.05) is 34.8 Å². The van der Waals surface area contributed by atoms with Crippen molar-refractivity contribution in [1.29, 1.82) is 0 Å². The molecule has 2 N–H and O–H groups in total. The van der Waals surface area contributed by atoms with E-state index in [9.17, 15) is 8.78 Å². The van der Waals surface area contributed by atoms with Crippen molar-refractivity contribution in [1.82, 2.24) is 9.97 Å². The first-order valence-electron chi connectivity index (χ1n) is 8.98. The van der Waals surface area contributed by atoms with Gasteiger partial charge in [-0.25, -0.2) is 13.8 Å². The molecule has 0 amide bonds. The molecule has 148 valence electrons. The number of halogens is 3. The molecular weight excluding hydrogens is 384 g/mol. The largest absolute Gasteiger partial charge is 0.488 e. The summed E-state index contributed by atoms with van der Waals surface area (Å²) in [7, 11) is 0. The van der Waals surface area contributed by atoms with Crippen molar-refractivity contribution in [2.45, 2.75) is 32.7 Å². The highest BCUT2D eigenvalue weighted by Gasteiger charge is 2.22. The number of fused-ring (bicyclic) bond motifs is 1. The molecule has 2 aromatic heterocycles. The van der Waals surface area contributed by atoms with E-state index in [1.165, 1.54) is 12.3 Å². The van der Waals surface area contributed by atoms with Gasteiger partial charge >= 0.3 is 0 Å². The van der Waals surface area contributed by atoms with E-state index in [-0.39, 0.29) is 22.7 Å². The standard InChI is InChI=1S/C21H22ClF2N3O/c1-12(2)10-21(3,25)11-28-18-5-4-16(27-20(18)22)14-6-7-26-17-9-13(23)8-15(24)19(14)17/h4-9,12H,10-11,25H2,1-3H3/t21-/m0/s1. The summed E-state index contributed by atoms with van der Waals surface area (Å²) in [5.41, 5.74) is 6.88. The van der Waals surface area contributed by atoms with Crippen molar-refractivity contribution in [2.75, 3.05) is 6.61 Å². The van der Waals surface area contributed by atoms with Crippen LogP contribution in [0.5, 0.6) is 5.75 Å². The van der Waals surface area contributed by atoms with E-state index >= 15 is 0 Å². The number of nitrogens with two attached hydrogens (primary N) is 1. The molecule has 0 fully saturated rings. The third-order valence-electron chi connectivity index (χ3n) is 4.28. The maximum absolute atomic E-state index is 14.3. The molecule has 4 nitrogen and oxygen atoms in total. The molecule has 0 saturated carbocycles. The Morgan fingerprint density at radius 3 is 2.64 bits per heavy atom. The summed E-state index contributed by atoms with van der Waals surface area (Å²) in [4.78, 5) is 8.36. The van der Waals surface area contributed by atoms with E-state index in [0.29, 0.717) is 22.9 Å². The fourth-order valence-electron chi connectivity index (χ4n) is 3.33. The van der Waals surface area contributed by atoms with Crippen molar-refractivity contribution in [3.63, 3.8) is 0 Å². The lowest BCUT2D eigenvalue weighted by atomic mass is 9.93. The molecule has 0 bridgehead atoms. The van der Waals surface area contributed by atoms with Crippen LogP contribution in [0.15, 0.2) is 36.5 Å². The minimum Gasteiger partial charge on any atom is -0.488 e. The van der Waals surface area contributed by atoms with Crippen molar-refractivity contribution >= 4 is 22.5 Å². The monoisotopic (exact) mass is 405 g/mol. The van der Waals surface area contributed by atoms with Gasteiger partial charge in [0.05, 0.1) is 11.2 Å². The summed E-state index contributed by atoms with van der Waals surface area (Å²) < 4.78 is 33.6. The van der Waals surface area contributed by atoms with E-state index in [1.807, 2.05) is 6.92 Å². The predicted molar refractivity (Wildman–Crippen MR) is 107 cm³/mol. The average Bonchev–Trinajstić information content (AvgIpc) is 2.58. The van der Waals surface area contributed by atoms with Crippen LogP contribution in [0.2, 0.25) is 5.15 Å². The van der Waals surface area contributed by atoms with Gasteiger partial charge in [0.1, 0.15) is 18.2 Å². The summed E-state index contributed by atoms with van der Waals surface area (Å²) in [5.74, 6) is -0.551. The predicted octanol–water partition coefficient (Wildman–Crippen LogP) is 5.37. The van der Waals surface area contributed by atoms with E-state index in [1.54, 1.807) is 18.2 Å². The summed E-state index contributed by atoms with van der Waals surface area (Å²) in [6.07, 6.45) is 2.28. The molecular formula is C21H22ClF2N3O. The lowest BCUT2D eigenvalue weighted by Crippen LogP contribution is -2.43. The third-order valence-corrected chi connectivity index (χ3v) is 4.55. The molecule has 0 aliphatic rings. The molecule has 28 heavy (non-hydrogen) atoms. The molecule has 0 radical (unpaired) electrons. The zero-order valence-electron chi connectivity index (χ0n) is 16.0. The maximum atomic E-state index is 14.3. The molecule has 1 aromatic carbocycles. The van der Waals surface area contributed by atoms with Gasteiger partial charge in [-0.15, -0.1) is 0 Å². The minimum atomic E-state index is -0.705. The first kappa shape index (κ1) is 20.4. The maximum Gasteiger partial charge on any atom is 0.171 e. The molecule has 2 heterocycles. The van der Waals surface area contributed by atoms with Gasteiger partial charge in [0.15, 0.2) is 10.9 Å². The molecule has 3 aromatic rings. The summed E-state index contributed by atoms with van der Waals surface area (Å²) >= 11 is 6.28. The molecule has 3 rings (SSSR count). The zero-order valence-corrected chi connectivity index (χ0v) is 16.7.